The first-order valence-corrected chi connectivity index (χ1v) is 9.56. The number of carbonyl (C=O) groups is 1. The van der Waals surface area contributed by atoms with Gasteiger partial charge in [-0.05, 0) is 11.5 Å². The summed E-state index contributed by atoms with van der Waals surface area (Å²) >= 11 is 0. The zero-order valence-electron chi connectivity index (χ0n) is 15.6. The minimum atomic E-state index is -0.323. The molecule has 1 aromatic carbocycles. The number of aliphatic hydroxyl groups excluding tert-OH is 1. The molecule has 1 N–H and O–H groups in total. The molecule has 144 valence electrons. The normalized spacial score (nSPS) is 21.2. The zero-order valence-corrected chi connectivity index (χ0v) is 15.6. The standard InChI is InChI=1S/C20H30N2O4/c1-17(18-5-3-2-4-6-18)15-22-16-20(26-19(22)24)7-9-21(10-8-20)11-13-25-14-12-23/h2-6,17,23H,7-16H2,1H3. The van der Waals surface area contributed by atoms with Crippen LogP contribution in [0.1, 0.15) is 31.2 Å². The number of likely N-dealkylation sites (tertiary alicyclic amines) is 1. The van der Waals surface area contributed by atoms with Gasteiger partial charge in [0, 0.05) is 39.0 Å². The van der Waals surface area contributed by atoms with Crippen LogP contribution in [0.3, 0.4) is 0 Å². The summed E-state index contributed by atoms with van der Waals surface area (Å²) in [5.74, 6) is 0.294. The summed E-state index contributed by atoms with van der Waals surface area (Å²) in [6.07, 6.45) is 1.57. The van der Waals surface area contributed by atoms with Crippen molar-refractivity contribution in [1.29, 1.82) is 0 Å². The van der Waals surface area contributed by atoms with E-state index in [2.05, 4.69) is 24.0 Å². The van der Waals surface area contributed by atoms with E-state index in [1.54, 1.807) is 0 Å². The number of rotatable bonds is 8. The molecule has 2 fully saturated rings. The molecule has 0 saturated carbocycles. The van der Waals surface area contributed by atoms with Crippen LogP contribution in [0.25, 0.3) is 0 Å². The highest BCUT2D eigenvalue weighted by molar-refractivity contribution is 5.70. The average Bonchev–Trinajstić information content (AvgIpc) is 2.96. The number of carbonyl (C=O) groups excluding carboxylic acids is 1. The lowest BCUT2D eigenvalue weighted by atomic mass is 9.91. The van der Waals surface area contributed by atoms with Crippen LogP contribution < -0.4 is 0 Å². The molecule has 0 aliphatic carbocycles. The third-order valence-electron chi connectivity index (χ3n) is 5.46. The number of hydrogen-bond acceptors (Lipinski definition) is 5. The predicted octanol–water partition coefficient (Wildman–Crippen LogP) is 2.09. The maximum Gasteiger partial charge on any atom is 0.410 e. The Hall–Kier alpha value is -1.63. The fourth-order valence-corrected chi connectivity index (χ4v) is 3.86. The van der Waals surface area contributed by atoms with E-state index in [9.17, 15) is 4.79 Å². The van der Waals surface area contributed by atoms with Crippen molar-refractivity contribution in [1.82, 2.24) is 9.80 Å². The minimum Gasteiger partial charge on any atom is -0.441 e. The lowest BCUT2D eigenvalue weighted by molar-refractivity contribution is -0.00787. The molecule has 1 aromatic rings. The van der Waals surface area contributed by atoms with Crippen LogP contribution in [-0.2, 0) is 9.47 Å². The van der Waals surface area contributed by atoms with Gasteiger partial charge in [0.2, 0.25) is 0 Å². The molecule has 0 bridgehead atoms. The van der Waals surface area contributed by atoms with Crippen LogP contribution in [0.4, 0.5) is 4.79 Å². The molecule has 0 aromatic heterocycles. The van der Waals surface area contributed by atoms with Gasteiger partial charge in [-0.3, -0.25) is 0 Å². The highest BCUT2D eigenvalue weighted by Crippen LogP contribution is 2.34. The lowest BCUT2D eigenvalue weighted by Crippen LogP contribution is -2.47. The van der Waals surface area contributed by atoms with Gasteiger partial charge >= 0.3 is 6.09 Å². The van der Waals surface area contributed by atoms with Crippen LogP contribution in [-0.4, -0.2) is 79.1 Å². The van der Waals surface area contributed by atoms with Crippen LogP contribution >= 0.6 is 0 Å². The van der Waals surface area contributed by atoms with E-state index >= 15 is 0 Å². The fourth-order valence-electron chi connectivity index (χ4n) is 3.86. The van der Waals surface area contributed by atoms with Gasteiger partial charge in [0.15, 0.2) is 0 Å². The summed E-state index contributed by atoms with van der Waals surface area (Å²) in [6.45, 7) is 7.33. The van der Waals surface area contributed by atoms with Gasteiger partial charge in [-0.25, -0.2) is 4.79 Å². The van der Waals surface area contributed by atoms with Gasteiger partial charge in [-0.2, -0.15) is 0 Å². The maximum atomic E-state index is 12.4. The van der Waals surface area contributed by atoms with Gasteiger partial charge < -0.3 is 24.4 Å². The zero-order chi connectivity index (χ0) is 18.4. The number of benzene rings is 1. The van der Waals surface area contributed by atoms with E-state index in [0.29, 0.717) is 32.2 Å². The lowest BCUT2D eigenvalue weighted by Gasteiger charge is -2.37. The second-order valence-electron chi connectivity index (χ2n) is 7.42. The van der Waals surface area contributed by atoms with E-state index in [1.165, 1.54) is 5.56 Å². The maximum absolute atomic E-state index is 12.4. The topological polar surface area (TPSA) is 62.2 Å². The van der Waals surface area contributed by atoms with Gasteiger partial charge in [0.05, 0.1) is 26.4 Å². The van der Waals surface area contributed by atoms with E-state index in [4.69, 9.17) is 14.6 Å². The number of hydrogen-bond donors (Lipinski definition) is 1. The van der Waals surface area contributed by atoms with Gasteiger partial charge in [-0.15, -0.1) is 0 Å². The Kier molecular flexibility index (Phi) is 6.51. The summed E-state index contributed by atoms with van der Waals surface area (Å²) in [7, 11) is 0. The van der Waals surface area contributed by atoms with Crippen LogP contribution in [0, 0.1) is 0 Å². The third kappa shape index (κ3) is 4.75. The largest absolute Gasteiger partial charge is 0.441 e. The minimum absolute atomic E-state index is 0.0658. The van der Waals surface area contributed by atoms with Crippen molar-refractivity contribution in [2.75, 3.05) is 52.5 Å². The Bertz CT molecular complexity index is 572. The molecule has 26 heavy (non-hydrogen) atoms. The van der Waals surface area contributed by atoms with Gasteiger partial charge in [0.25, 0.3) is 0 Å². The number of nitrogens with zero attached hydrogens (tertiary/aromatic N) is 2. The second kappa shape index (κ2) is 8.84. The van der Waals surface area contributed by atoms with Crippen molar-refractivity contribution in [2.45, 2.75) is 31.3 Å². The Morgan fingerprint density at radius 1 is 1.23 bits per heavy atom. The van der Waals surface area contributed by atoms with E-state index in [1.807, 2.05) is 23.1 Å². The molecule has 2 saturated heterocycles. The predicted molar refractivity (Wildman–Crippen MR) is 99.2 cm³/mol. The number of piperidine rings is 1. The molecule has 6 nitrogen and oxygen atoms in total. The van der Waals surface area contributed by atoms with Crippen LogP contribution in [0.15, 0.2) is 30.3 Å². The molecule has 0 radical (unpaired) electrons. The third-order valence-corrected chi connectivity index (χ3v) is 5.46. The Morgan fingerprint density at radius 3 is 2.65 bits per heavy atom. The van der Waals surface area contributed by atoms with Crippen molar-refractivity contribution in [3.05, 3.63) is 35.9 Å². The van der Waals surface area contributed by atoms with Crippen molar-refractivity contribution >= 4 is 6.09 Å². The second-order valence-corrected chi connectivity index (χ2v) is 7.42. The van der Waals surface area contributed by atoms with Gasteiger partial charge in [-0.1, -0.05) is 37.3 Å². The van der Waals surface area contributed by atoms with Crippen molar-refractivity contribution < 1.29 is 19.4 Å². The first-order chi connectivity index (χ1) is 12.6. The van der Waals surface area contributed by atoms with E-state index < -0.39 is 0 Å². The molecule has 6 heteroatoms. The molecule has 1 atom stereocenters. The molecule has 2 heterocycles. The molecule has 1 unspecified atom stereocenters. The monoisotopic (exact) mass is 362 g/mol. The van der Waals surface area contributed by atoms with Crippen LogP contribution in [0.2, 0.25) is 0 Å². The van der Waals surface area contributed by atoms with E-state index in [0.717, 1.165) is 32.5 Å². The average molecular weight is 362 g/mol. The van der Waals surface area contributed by atoms with Gasteiger partial charge in [0.1, 0.15) is 5.60 Å². The molecule has 1 spiro atoms. The summed E-state index contributed by atoms with van der Waals surface area (Å²) in [4.78, 5) is 16.6. The highest BCUT2D eigenvalue weighted by atomic mass is 16.6. The Balaban J connectivity index is 1.47. The number of aliphatic hydroxyl groups is 1. The summed E-state index contributed by atoms with van der Waals surface area (Å²) < 4.78 is 11.2. The Labute approximate surface area is 155 Å². The quantitative estimate of drug-likeness (QED) is 0.718. The molecule has 2 aliphatic rings. The highest BCUT2D eigenvalue weighted by Gasteiger charge is 2.46. The number of amides is 1. The van der Waals surface area contributed by atoms with Crippen LogP contribution in [0.5, 0.6) is 0 Å². The van der Waals surface area contributed by atoms with E-state index in [-0.39, 0.29) is 18.3 Å². The molecule has 2 aliphatic heterocycles. The number of ether oxygens (including phenoxy) is 2. The first-order valence-electron chi connectivity index (χ1n) is 9.56. The van der Waals surface area contributed by atoms with Crippen molar-refractivity contribution in [3.63, 3.8) is 0 Å². The smallest absolute Gasteiger partial charge is 0.410 e. The molecular formula is C20H30N2O4. The summed E-state index contributed by atoms with van der Waals surface area (Å²) in [5, 5.41) is 8.74. The summed E-state index contributed by atoms with van der Waals surface area (Å²) in [5.41, 5.74) is 0.926. The SMILES string of the molecule is CC(CN1CC2(CCN(CCOCCO)CC2)OC1=O)c1ccccc1. The molecule has 1 amide bonds. The van der Waals surface area contributed by atoms with Crippen molar-refractivity contribution in [3.8, 4) is 0 Å². The molecular weight excluding hydrogens is 332 g/mol. The Morgan fingerprint density at radius 2 is 1.96 bits per heavy atom. The summed E-state index contributed by atoms with van der Waals surface area (Å²) in [6, 6.07) is 10.3. The van der Waals surface area contributed by atoms with Crippen molar-refractivity contribution in [2.24, 2.45) is 0 Å². The first kappa shape index (κ1) is 19.1. The molecule has 3 rings (SSSR count). The fraction of sp³-hybridized carbons (Fsp3) is 0.650.